The summed E-state index contributed by atoms with van der Waals surface area (Å²) >= 11 is 11.3. The molecular formula is C18H27Cl2N5. The lowest BCUT2D eigenvalue weighted by Gasteiger charge is -2.02. The van der Waals surface area contributed by atoms with E-state index in [2.05, 4.69) is 48.0 Å². The van der Waals surface area contributed by atoms with Crippen LogP contribution in [0, 0.1) is 0 Å². The van der Waals surface area contributed by atoms with Crippen molar-refractivity contribution in [2.45, 2.75) is 54.4 Å². The van der Waals surface area contributed by atoms with Gasteiger partial charge in [0.05, 0.1) is 17.6 Å². The van der Waals surface area contributed by atoms with Crippen molar-refractivity contribution in [2.75, 3.05) is 0 Å². The first kappa shape index (κ1) is 23.3. The van der Waals surface area contributed by atoms with Crippen molar-refractivity contribution < 1.29 is 0 Å². The molecule has 0 aromatic carbocycles. The Kier molecular flexibility index (Phi) is 9.60. The van der Waals surface area contributed by atoms with Crippen LogP contribution in [-0.4, -0.2) is 24.8 Å². The molecule has 0 fully saturated rings. The van der Waals surface area contributed by atoms with Gasteiger partial charge < -0.3 is 0 Å². The van der Waals surface area contributed by atoms with Crippen LogP contribution in [0.3, 0.4) is 0 Å². The zero-order chi connectivity index (χ0) is 17.0. The second-order valence-electron chi connectivity index (χ2n) is 5.71. The Morgan fingerprint density at radius 1 is 0.800 bits per heavy atom. The highest BCUT2D eigenvalue weighted by atomic mass is 35.5. The maximum atomic E-state index is 5.74. The van der Waals surface area contributed by atoms with Gasteiger partial charge >= 0.3 is 0 Å². The zero-order valence-electron chi connectivity index (χ0n) is 13.5. The first-order valence-electron chi connectivity index (χ1n) is 7.37. The average Bonchev–Trinajstić information content (AvgIpc) is 2.87. The van der Waals surface area contributed by atoms with Gasteiger partial charge in [0.1, 0.15) is 5.15 Å². The Balaban J connectivity index is 0.000000440. The Hall–Kier alpha value is -1.72. The smallest absolute Gasteiger partial charge is 0.155 e. The SMILES string of the molecule is C.C.CC(C)c1ccc(Cl)nn1.CC(C)c1ccc2nc(Cl)cn2n1. The summed E-state index contributed by atoms with van der Waals surface area (Å²) in [6.45, 7) is 8.34. The van der Waals surface area contributed by atoms with Gasteiger partial charge in [-0.25, -0.2) is 9.50 Å². The average molecular weight is 384 g/mol. The van der Waals surface area contributed by atoms with Crippen LogP contribution < -0.4 is 0 Å². The molecule has 0 saturated heterocycles. The predicted octanol–water partition coefficient (Wildman–Crippen LogP) is 6.03. The third-order valence-electron chi connectivity index (χ3n) is 3.15. The number of aromatic nitrogens is 5. The highest BCUT2D eigenvalue weighted by Crippen LogP contribution is 2.14. The fourth-order valence-corrected chi connectivity index (χ4v) is 2.09. The summed E-state index contributed by atoms with van der Waals surface area (Å²) in [5, 5.41) is 12.9. The Morgan fingerprint density at radius 3 is 1.92 bits per heavy atom. The Bertz CT molecular complexity index is 767. The summed E-state index contributed by atoms with van der Waals surface area (Å²) in [5.41, 5.74) is 2.81. The lowest BCUT2D eigenvalue weighted by atomic mass is 10.1. The van der Waals surface area contributed by atoms with E-state index in [0.717, 1.165) is 17.0 Å². The van der Waals surface area contributed by atoms with Crippen molar-refractivity contribution in [3.8, 4) is 0 Å². The molecule has 7 heteroatoms. The molecule has 3 aromatic rings. The second kappa shape index (κ2) is 10.3. The second-order valence-corrected chi connectivity index (χ2v) is 6.49. The van der Waals surface area contributed by atoms with Crippen molar-refractivity contribution in [3.05, 3.63) is 52.2 Å². The van der Waals surface area contributed by atoms with Crippen LogP contribution in [0.4, 0.5) is 0 Å². The highest BCUT2D eigenvalue weighted by molar-refractivity contribution is 6.29. The van der Waals surface area contributed by atoms with Crippen LogP contribution in [0.15, 0.2) is 30.5 Å². The van der Waals surface area contributed by atoms with Crippen LogP contribution in [0.1, 0.15) is 65.8 Å². The molecule has 0 N–H and O–H groups in total. The molecule has 0 saturated carbocycles. The maximum absolute atomic E-state index is 5.74. The van der Waals surface area contributed by atoms with Gasteiger partial charge in [-0.05, 0) is 36.1 Å². The van der Waals surface area contributed by atoms with E-state index in [4.69, 9.17) is 23.2 Å². The fraction of sp³-hybridized carbons (Fsp3) is 0.444. The molecule has 3 heterocycles. The third-order valence-corrected chi connectivity index (χ3v) is 3.53. The van der Waals surface area contributed by atoms with Crippen molar-refractivity contribution in [1.82, 2.24) is 24.8 Å². The Morgan fingerprint density at radius 2 is 1.40 bits per heavy atom. The summed E-state index contributed by atoms with van der Waals surface area (Å²) in [6.07, 6.45) is 1.71. The van der Waals surface area contributed by atoms with Gasteiger partial charge in [0.2, 0.25) is 0 Å². The molecule has 0 spiro atoms. The lowest BCUT2D eigenvalue weighted by molar-refractivity contribution is 0.764. The fourth-order valence-electron chi connectivity index (χ4n) is 1.81. The van der Waals surface area contributed by atoms with Crippen molar-refractivity contribution >= 4 is 28.8 Å². The largest absolute Gasteiger partial charge is 0.219 e. The van der Waals surface area contributed by atoms with Crippen LogP contribution >= 0.6 is 23.2 Å². The summed E-state index contributed by atoms with van der Waals surface area (Å²) in [7, 11) is 0. The van der Waals surface area contributed by atoms with E-state index in [-0.39, 0.29) is 14.9 Å². The van der Waals surface area contributed by atoms with Crippen molar-refractivity contribution in [1.29, 1.82) is 0 Å². The van der Waals surface area contributed by atoms with Crippen LogP contribution in [0.25, 0.3) is 5.65 Å². The lowest BCUT2D eigenvalue weighted by Crippen LogP contribution is -1.98. The molecule has 0 unspecified atom stereocenters. The Labute approximate surface area is 160 Å². The van der Waals surface area contributed by atoms with Crippen LogP contribution in [-0.2, 0) is 0 Å². The minimum absolute atomic E-state index is 0. The molecule has 0 aliphatic carbocycles. The minimum Gasteiger partial charge on any atom is -0.219 e. The third kappa shape index (κ3) is 6.59. The van der Waals surface area contributed by atoms with Gasteiger partial charge in [-0.2, -0.15) is 10.2 Å². The molecule has 138 valence electrons. The molecular weight excluding hydrogens is 357 g/mol. The zero-order valence-corrected chi connectivity index (χ0v) is 15.0. The number of rotatable bonds is 2. The molecule has 3 rings (SSSR count). The van der Waals surface area contributed by atoms with Gasteiger partial charge in [0, 0.05) is 0 Å². The van der Waals surface area contributed by atoms with Gasteiger partial charge in [0.15, 0.2) is 10.8 Å². The molecule has 25 heavy (non-hydrogen) atoms. The van der Waals surface area contributed by atoms with E-state index in [1.54, 1.807) is 16.8 Å². The van der Waals surface area contributed by atoms with Gasteiger partial charge in [0.25, 0.3) is 0 Å². The first-order valence-corrected chi connectivity index (χ1v) is 8.13. The van der Waals surface area contributed by atoms with E-state index in [0.29, 0.717) is 22.1 Å². The molecule has 0 aliphatic heterocycles. The predicted molar refractivity (Wildman–Crippen MR) is 107 cm³/mol. The summed E-state index contributed by atoms with van der Waals surface area (Å²) in [6, 6.07) is 7.54. The van der Waals surface area contributed by atoms with E-state index in [1.165, 1.54) is 0 Å². The number of hydrogen-bond donors (Lipinski definition) is 0. The molecule has 5 nitrogen and oxygen atoms in total. The quantitative estimate of drug-likeness (QED) is 0.541. The number of nitrogens with zero attached hydrogens (tertiary/aromatic N) is 5. The summed E-state index contributed by atoms with van der Waals surface area (Å²) < 4.78 is 1.71. The van der Waals surface area contributed by atoms with E-state index >= 15 is 0 Å². The topological polar surface area (TPSA) is 56.0 Å². The monoisotopic (exact) mass is 383 g/mol. The van der Waals surface area contributed by atoms with Gasteiger partial charge in [-0.3, -0.25) is 0 Å². The van der Waals surface area contributed by atoms with Crippen molar-refractivity contribution in [3.63, 3.8) is 0 Å². The van der Waals surface area contributed by atoms with Crippen molar-refractivity contribution in [2.24, 2.45) is 0 Å². The highest BCUT2D eigenvalue weighted by Gasteiger charge is 2.04. The van der Waals surface area contributed by atoms with Gasteiger partial charge in [-0.1, -0.05) is 65.8 Å². The molecule has 0 radical (unpaired) electrons. The summed E-state index contributed by atoms with van der Waals surface area (Å²) in [5.74, 6) is 0.843. The van der Waals surface area contributed by atoms with Gasteiger partial charge in [-0.15, -0.1) is 5.10 Å². The maximum Gasteiger partial charge on any atom is 0.155 e. The number of imidazole rings is 1. The molecule has 0 amide bonds. The number of halogens is 2. The van der Waals surface area contributed by atoms with E-state index in [1.807, 2.05) is 18.2 Å². The van der Waals surface area contributed by atoms with Crippen LogP contribution in [0.2, 0.25) is 10.3 Å². The first-order chi connectivity index (χ1) is 10.9. The normalized spacial score (nSPS) is 10.1. The minimum atomic E-state index is 0. The standard InChI is InChI=1S/C9H10ClN3.C7H9ClN2.2CH4/c1-6(2)7-3-4-9-11-8(10)5-13(9)12-7;1-5(2)6-3-4-7(8)10-9-6;;/h3-6H,1-2H3;3-5H,1-2H3;2*1H4. The van der Waals surface area contributed by atoms with E-state index in [9.17, 15) is 0 Å². The molecule has 0 bridgehead atoms. The molecule has 0 atom stereocenters. The van der Waals surface area contributed by atoms with E-state index < -0.39 is 0 Å². The number of hydrogen-bond acceptors (Lipinski definition) is 4. The summed E-state index contributed by atoms with van der Waals surface area (Å²) in [4.78, 5) is 4.08. The van der Waals surface area contributed by atoms with Crippen LogP contribution in [0.5, 0.6) is 0 Å². The molecule has 0 aliphatic rings. The number of fused-ring (bicyclic) bond motifs is 1. The molecule has 3 aromatic heterocycles.